The second-order valence-corrected chi connectivity index (χ2v) is 2.34. The molecule has 5 heteroatoms. The second kappa shape index (κ2) is 5.08. The highest BCUT2D eigenvalue weighted by atomic mass is 32.1. The molecule has 0 bridgehead atoms. The van der Waals surface area contributed by atoms with E-state index in [2.05, 4.69) is 30.4 Å². The van der Waals surface area contributed by atoms with Crippen LogP contribution < -0.4 is 0 Å². The van der Waals surface area contributed by atoms with Crippen molar-refractivity contribution in [3.8, 4) is 0 Å². The molecule has 0 saturated heterocycles. The van der Waals surface area contributed by atoms with Gasteiger partial charge < -0.3 is 5.11 Å². The third kappa shape index (κ3) is 3.07. The maximum absolute atomic E-state index is 9.84. The summed E-state index contributed by atoms with van der Waals surface area (Å²) in [5.74, 6) is 0.516. The standard InChI is InChI=1S/C4H9NO2S2/c6-4(2-9)3(1-8)5-7/h3-4,6,8-9H,1-2H2. The van der Waals surface area contributed by atoms with Gasteiger partial charge in [-0.3, -0.25) is 0 Å². The van der Waals surface area contributed by atoms with Gasteiger partial charge in [-0.25, -0.2) is 0 Å². The highest BCUT2D eigenvalue weighted by Gasteiger charge is 2.15. The first-order valence-corrected chi connectivity index (χ1v) is 3.75. The van der Waals surface area contributed by atoms with E-state index in [1.807, 2.05) is 0 Å². The predicted molar refractivity (Wildman–Crippen MR) is 43.3 cm³/mol. The highest BCUT2D eigenvalue weighted by Crippen LogP contribution is 2.02. The monoisotopic (exact) mass is 167 g/mol. The van der Waals surface area contributed by atoms with E-state index < -0.39 is 12.1 Å². The number of nitrogens with zero attached hydrogens (tertiary/aromatic N) is 1. The number of hydrogen-bond donors (Lipinski definition) is 3. The number of nitroso groups, excluding NO2 is 1. The molecule has 0 aliphatic heterocycles. The van der Waals surface area contributed by atoms with Crippen molar-refractivity contribution in [2.75, 3.05) is 11.5 Å². The number of aliphatic hydroxyl groups is 1. The lowest BCUT2D eigenvalue weighted by Gasteiger charge is -2.09. The molecule has 0 spiro atoms. The van der Waals surface area contributed by atoms with Crippen LogP contribution in [0.15, 0.2) is 5.18 Å². The predicted octanol–water partition coefficient (Wildman–Crippen LogP) is 0.342. The Morgan fingerprint density at radius 2 is 2.00 bits per heavy atom. The van der Waals surface area contributed by atoms with Crippen LogP contribution in [0, 0.1) is 4.91 Å². The first kappa shape index (κ1) is 9.26. The van der Waals surface area contributed by atoms with Crippen LogP contribution in [0.4, 0.5) is 0 Å². The summed E-state index contributed by atoms with van der Waals surface area (Å²) in [6.45, 7) is 0. The second-order valence-electron chi connectivity index (χ2n) is 1.61. The fourth-order valence-corrected chi connectivity index (χ4v) is 0.900. The van der Waals surface area contributed by atoms with Crippen molar-refractivity contribution in [2.45, 2.75) is 12.1 Å². The van der Waals surface area contributed by atoms with Crippen molar-refractivity contribution >= 4 is 25.3 Å². The zero-order valence-corrected chi connectivity index (χ0v) is 6.55. The largest absolute Gasteiger partial charge is 0.390 e. The van der Waals surface area contributed by atoms with E-state index in [4.69, 9.17) is 5.11 Å². The summed E-state index contributed by atoms with van der Waals surface area (Å²) in [4.78, 5) is 9.84. The van der Waals surface area contributed by atoms with E-state index >= 15 is 0 Å². The molecule has 3 nitrogen and oxygen atoms in total. The van der Waals surface area contributed by atoms with Crippen molar-refractivity contribution in [1.29, 1.82) is 0 Å². The minimum atomic E-state index is -0.761. The molecule has 0 rings (SSSR count). The zero-order chi connectivity index (χ0) is 7.28. The number of aliphatic hydroxyl groups excluding tert-OH is 1. The Labute approximate surface area is 64.6 Å². The maximum atomic E-state index is 9.84. The molecule has 0 aromatic rings. The molecule has 2 unspecified atom stereocenters. The first-order valence-electron chi connectivity index (χ1n) is 2.48. The summed E-state index contributed by atoms with van der Waals surface area (Å²) in [5.41, 5.74) is 0. The van der Waals surface area contributed by atoms with Crippen LogP contribution in [0.2, 0.25) is 0 Å². The quantitative estimate of drug-likeness (QED) is 0.418. The van der Waals surface area contributed by atoms with E-state index in [9.17, 15) is 4.91 Å². The van der Waals surface area contributed by atoms with Crippen molar-refractivity contribution in [3.05, 3.63) is 4.91 Å². The normalized spacial score (nSPS) is 16.8. The van der Waals surface area contributed by atoms with Gasteiger partial charge in [-0.05, 0) is 0 Å². The van der Waals surface area contributed by atoms with Crippen molar-refractivity contribution in [1.82, 2.24) is 0 Å². The molecule has 0 radical (unpaired) electrons. The van der Waals surface area contributed by atoms with E-state index in [1.165, 1.54) is 0 Å². The van der Waals surface area contributed by atoms with Crippen LogP contribution in [-0.4, -0.2) is 28.8 Å². The molecule has 0 aromatic heterocycles. The van der Waals surface area contributed by atoms with Crippen LogP contribution >= 0.6 is 25.3 Å². The minimum Gasteiger partial charge on any atom is -0.390 e. The van der Waals surface area contributed by atoms with Gasteiger partial charge in [-0.2, -0.15) is 30.2 Å². The molecular weight excluding hydrogens is 158 g/mol. The Hall–Kier alpha value is 0.260. The molecule has 1 N–H and O–H groups in total. The van der Waals surface area contributed by atoms with Crippen LogP contribution in [-0.2, 0) is 0 Å². The van der Waals surface area contributed by atoms with Crippen LogP contribution in [0.3, 0.4) is 0 Å². The maximum Gasteiger partial charge on any atom is 0.127 e. The molecule has 9 heavy (non-hydrogen) atoms. The van der Waals surface area contributed by atoms with Gasteiger partial charge in [0.1, 0.15) is 6.04 Å². The Morgan fingerprint density at radius 3 is 2.11 bits per heavy atom. The lowest BCUT2D eigenvalue weighted by Crippen LogP contribution is -2.26. The lowest BCUT2D eigenvalue weighted by atomic mass is 10.2. The summed E-state index contributed by atoms with van der Waals surface area (Å²) < 4.78 is 0. The molecule has 0 saturated carbocycles. The number of rotatable bonds is 4. The molecule has 2 atom stereocenters. The fraction of sp³-hybridized carbons (Fsp3) is 1.00. The lowest BCUT2D eigenvalue weighted by molar-refractivity contribution is 0.177. The van der Waals surface area contributed by atoms with Gasteiger partial charge in [0.05, 0.1) is 6.10 Å². The fourth-order valence-electron chi connectivity index (χ4n) is 0.347. The zero-order valence-electron chi connectivity index (χ0n) is 4.77. The van der Waals surface area contributed by atoms with Gasteiger partial charge in [0.15, 0.2) is 0 Å². The molecule has 0 fully saturated rings. The molecule has 0 aromatic carbocycles. The van der Waals surface area contributed by atoms with Gasteiger partial charge >= 0.3 is 0 Å². The Kier molecular flexibility index (Phi) is 5.22. The molecule has 0 aliphatic rings. The SMILES string of the molecule is O=NC(CS)C(O)CS. The van der Waals surface area contributed by atoms with E-state index in [0.717, 1.165) is 0 Å². The van der Waals surface area contributed by atoms with Crippen LogP contribution in [0.1, 0.15) is 0 Å². The van der Waals surface area contributed by atoms with Crippen molar-refractivity contribution in [3.63, 3.8) is 0 Å². The third-order valence-electron chi connectivity index (χ3n) is 0.954. The number of thiol groups is 2. The number of hydrogen-bond acceptors (Lipinski definition) is 5. The molecule has 0 heterocycles. The summed E-state index contributed by atoms with van der Waals surface area (Å²) >= 11 is 7.58. The van der Waals surface area contributed by atoms with Crippen LogP contribution in [0.5, 0.6) is 0 Å². The molecule has 0 amide bonds. The molecule has 0 aliphatic carbocycles. The third-order valence-corrected chi connectivity index (χ3v) is 1.70. The Balaban J connectivity index is 3.63. The van der Waals surface area contributed by atoms with Gasteiger partial charge in [0, 0.05) is 11.5 Å². The molecule has 54 valence electrons. The van der Waals surface area contributed by atoms with Gasteiger partial charge in [-0.15, -0.1) is 0 Å². The van der Waals surface area contributed by atoms with E-state index in [0.29, 0.717) is 0 Å². The topological polar surface area (TPSA) is 49.7 Å². The summed E-state index contributed by atoms with van der Waals surface area (Å²) in [7, 11) is 0. The summed E-state index contributed by atoms with van der Waals surface area (Å²) in [6.07, 6.45) is -0.761. The summed E-state index contributed by atoms with van der Waals surface area (Å²) in [6, 6.07) is -0.620. The van der Waals surface area contributed by atoms with Crippen molar-refractivity contribution in [2.24, 2.45) is 5.18 Å². The van der Waals surface area contributed by atoms with E-state index in [-0.39, 0.29) is 11.5 Å². The van der Waals surface area contributed by atoms with Crippen molar-refractivity contribution < 1.29 is 5.11 Å². The first-order chi connectivity index (χ1) is 4.26. The average molecular weight is 167 g/mol. The van der Waals surface area contributed by atoms with Crippen LogP contribution in [0.25, 0.3) is 0 Å². The van der Waals surface area contributed by atoms with Gasteiger partial charge in [0.25, 0.3) is 0 Å². The Bertz CT molecular complexity index is 90.6. The summed E-state index contributed by atoms with van der Waals surface area (Å²) in [5, 5.41) is 11.6. The van der Waals surface area contributed by atoms with E-state index in [1.54, 1.807) is 0 Å². The smallest absolute Gasteiger partial charge is 0.127 e. The van der Waals surface area contributed by atoms with Gasteiger partial charge in [0.2, 0.25) is 0 Å². The minimum absolute atomic E-state index is 0.247. The average Bonchev–Trinajstić information content (AvgIpc) is 1.90. The van der Waals surface area contributed by atoms with Gasteiger partial charge in [-0.1, -0.05) is 5.18 Å². The highest BCUT2D eigenvalue weighted by molar-refractivity contribution is 7.80. The molecular formula is C4H9NO2S2. The Morgan fingerprint density at radius 1 is 1.44 bits per heavy atom.